The third-order valence-electron chi connectivity index (χ3n) is 2.85. The van der Waals surface area contributed by atoms with Crippen LogP contribution in [-0.4, -0.2) is 24.1 Å². The Morgan fingerprint density at radius 1 is 1.44 bits per heavy atom. The average molecular weight is 335 g/mol. The first-order valence-electron chi connectivity index (χ1n) is 5.26. The maximum atomic E-state index is 5.51. The highest BCUT2D eigenvalue weighted by Crippen LogP contribution is 2.28. The second-order valence-electron chi connectivity index (χ2n) is 3.83. The summed E-state index contributed by atoms with van der Waals surface area (Å²) in [5.74, 6) is 1.60. The summed E-state index contributed by atoms with van der Waals surface area (Å²) in [6.07, 6.45) is 0.840. The van der Waals surface area contributed by atoms with Gasteiger partial charge in [-0.15, -0.1) is 0 Å². The molecule has 0 saturated heterocycles. The van der Waals surface area contributed by atoms with Crippen molar-refractivity contribution in [2.24, 2.45) is 0 Å². The second-order valence-corrected chi connectivity index (χ2v) is 4.91. The van der Waals surface area contributed by atoms with Crippen LogP contribution in [0.3, 0.4) is 0 Å². The fourth-order valence-corrected chi connectivity index (χ4v) is 1.87. The van der Waals surface area contributed by atoms with Crippen LogP contribution in [0, 0.1) is 10.5 Å². The molecule has 1 unspecified atom stereocenters. The second kappa shape index (κ2) is 5.27. The molecule has 1 N–H and O–H groups in total. The first kappa shape index (κ1) is 13.6. The molecule has 1 aromatic heterocycles. The van der Waals surface area contributed by atoms with E-state index in [0.717, 1.165) is 27.3 Å². The minimum absolute atomic E-state index is 0.416. The van der Waals surface area contributed by atoms with Gasteiger partial charge in [-0.25, -0.2) is 9.97 Å². The molecule has 90 valence electrons. The molecular weight excluding hydrogens is 317 g/mol. The Morgan fingerprint density at radius 2 is 2.06 bits per heavy atom. The highest BCUT2D eigenvalue weighted by atomic mass is 127. The van der Waals surface area contributed by atoms with Crippen molar-refractivity contribution in [3.05, 3.63) is 15.1 Å². The summed E-state index contributed by atoms with van der Waals surface area (Å²) < 4.78 is 6.57. The Morgan fingerprint density at radius 3 is 2.50 bits per heavy atom. The summed E-state index contributed by atoms with van der Waals surface area (Å²) in [5.41, 5.74) is 0.562. The van der Waals surface area contributed by atoms with Crippen molar-refractivity contribution in [3.8, 4) is 0 Å². The molecule has 0 fully saturated rings. The number of nitrogens with zero attached hydrogens (tertiary/aromatic N) is 2. The average Bonchev–Trinajstić information content (AvgIpc) is 2.31. The van der Waals surface area contributed by atoms with E-state index in [1.807, 2.05) is 20.9 Å². The smallest absolute Gasteiger partial charge is 0.162 e. The molecule has 0 aliphatic rings. The molecule has 0 saturated carbocycles. The van der Waals surface area contributed by atoms with E-state index in [-0.39, 0.29) is 0 Å². The standard InChI is InChI=1S/C11H18IN3O/c1-6-11(3,16-5)10-14-7(2)8(12)9(13-4)15-10/h6H2,1-5H3,(H,13,14,15). The van der Waals surface area contributed by atoms with Crippen molar-refractivity contribution in [1.82, 2.24) is 9.97 Å². The van der Waals surface area contributed by atoms with Gasteiger partial charge in [-0.3, -0.25) is 0 Å². The zero-order chi connectivity index (χ0) is 12.3. The quantitative estimate of drug-likeness (QED) is 0.860. The van der Waals surface area contributed by atoms with Crippen LogP contribution in [0.5, 0.6) is 0 Å². The van der Waals surface area contributed by atoms with Gasteiger partial charge in [0.05, 0.1) is 9.26 Å². The lowest BCUT2D eigenvalue weighted by molar-refractivity contribution is -0.00902. The number of hydrogen-bond donors (Lipinski definition) is 1. The topological polar surface area (TPSA) is 47.0 Å². The van der Waals surface area contributed by atoms with Gasteiger partial charge in [0, 0.05) is 14.2 Å². The van der Waals surface area contributed by atoms with Gasteiger partial charge in [0.1, 0.15) is 11.4 Å². The van der Waals surface area contributed by atoms with E-state index < -0.39 is 5.60 Å². The van der Waals surface area contributed by atoms with E-state index in [4.69, 9.17) is 4.74 Å². The lowest BCUT2D eigenvalue weighted by atomic mass is 10.0. The molecule has 1 rings (SSSR count). The van der Waals surface area contributed by atoms with Crippen LogP contribution in [0.15, 0.2) is 0 Å². The van der Waals surface area contributed by atoms with E-state index >= 15 is 0 Å². The van der Waals surface area contributed by atoms with Crippen LogP contribution in [-0.2, 0) is 10.3 Å². The molecule has 1 heterocycles. The van der Waals surface area contributed by atoms with Gasteiger partial charge < -0.3 is 10.1 Å². The number of aryl methyl sites for hydroxylation is 1. The molecule has 1 aromatic rings. The van der Waals surface area contributed by atoms with Gasteiger partial charge in [-0.2, -0.15) is 0 Å². The zero-order valence-electron chi connectivity index (χ0n) is 10.4. The first-order valence-corrected chi connectivity index (χ1v) is 6.34. The summed E-state index contributed by atoms with van der Waals surface area (Å²) in [7, 11) is 3.56. The minimum atomic E-state index is -0.416. The minimum Gasteiger partial charge on any atom is -0.372 e. The number of methoxy groups -OCH3 is 1. The van der Waals surface area contributed by atoms with Crippen LogP contribution in [0.1, 0.15) is 31.8 Å². The highest BCUT2D eigenvalue weighted by molar-refractivity contribution is 14.1. The number of anilines is 1. The molecule has 0 bridgehead atoms. The molecule has 4 nitrogen and oxygen atoms in total. The van der Waals surface area contributed by atoms with Gasteiger partial charge in [0.2, 0.25) is 0 Å². The van der Waals surface area contributed by atoms with Gasteiger partial charge in [-0.05, 0) is 42.9 Å². The Hall–Kier alpha value is -0.430. The van der Waals surface area contributed by atoms with E-state index in [1.165, 1.54) is 0 Å². The third-order valence-corrected chi connectivity index (χ3v) is 4.14. The van der Waals surface area contributed by atoms with Crippen LogP contribution in [0.25, 0.3) is 0 Å². The molecule has 1 atom stereocenters. The summed E-state index contributed by atoms with van der Waals surface area (Å²) in [6, 6.07) is 0. The zero-order valence-corrected chi connectivity index (χ0v) is 12.5. The molecule has 0 amide bonds. The van der Waals surface area contributed by atoms with E-state index in [9.17, 15) is 0 Å². The van der Waals surface area contributed by atoms with Gasteiger partial charge in [0.15, 0.2) is 5.82 Å². The predicted molar refractivity (Wildman–Crippen MR) is 73.7 cm³/mol. The normalized spacial score (nSPS) is 14.6. The largest absolute Gasteiger partial charge is 0.372 e. The Balaban J connectivity index is 3.30. The van der Waals surface area contributed by atoms with Crippen molar-refractivity contribution in [1.29, 1.82) is 0 Å². The van der Waals surface area contributed by atoms with E-state index in [2.05, 4.69) is 44.8 Å². The molecule has 0 aliphatic carbocycles. The molecular formula is C11H18IN3O. The monoisotopic (exact) mass is 335 g/mol. The van der Waals surface area contributed by atoms with Crippen molar-refractivity contribution >= 4 is 28.4 Å². The lowest BCUT2D eigenvalue weighted by Gasteiger charge is -2.25. The number of aromatic nitrogens is 2. The van der Waals surface area contributed by atoms with Crippen molar-refractivity contribution in [2.75, 3.05) is 19.5 Å². The van der Waals surface area contributed by atoms with Crippen molar-refractivity contribution in [3.63, 3.8) is 0 Å². The fourth-order valence-electron chi connectivity index (χ4n) is 1.36. The maximum absolute atomic E-state index is 5.51. The number of hydrogen-bond acceptors (Lipinski definition) is 4. The van der Waals surface area contributed by atoms with Crippen LogP contribution in [0.2, 0.25) is 0 Å². The molecule has 5 heteroatoms. The molecule has 0 aliphatic heterocycles. The predicted octanol–water partition coefficient (Wildman–Crippen LogP) is 2.70. The Labute approximate surface area is 110 Å². The summed E-state index contributed by atoms with van der Waals surface area (Å²) >= 11 is 2.25. The van der Waals surface area contributed by atoms with E-state index in [0.29, 0.717) is 0 Å². The van der Waals surface area contributed by atoms with E-state index in [1.54, 1.807) is 7.11 Å². The Kier molecular flexibility index (Phi) is 4.49. The highest BCUT2D eigenvalue weighted by Gasteiger charge is 2.28. The number of nitrogens with one attached hydrogen (secondary N) is 1. The SMILES string of the molecule is CCC(C)(OC)c1nc(C)c(I)c(NC)n1. The van der Waals surface area contributed by atoms with Crippen molar-refractivity contribution < 1.29 is 4.74 Å². The summed E-state index contributed by atoms with van der Waals surface area (Å²) in [6.45, 7) is 6.06. The number of ether oxygens (including phenoxy) is 1. The third kappa shape index (κ3) is 2.45. The van der Waals surface area contributed by atoms with Crippen LogP contribution >= 0.6 is 22.6 Å². The fraction of sp³-hybridized carbons (Fsp3) is 0.636. The molecule has 0 radical (unpaired) electrons. The van der Waals surface area contributed by atoms with Gasteiger partial charge in [0.25, 0.3) is 0 Å². The van der Waals surface area contributed by atoms with Crippen molar-refractivity contribution in [2.45, 2.75) is 32.8 Å². The Bertz CT molecular complexity index is 378. The number of halogens is 1. The molecule has 0 spiro atoms. The lowest BCUT2D eigenvalue weighted by Crippen LogP contribution is -2.27. The molecule has 0 aromatic carbocycles. The number of rotatable bonds is 4. The maximum Gasteiger partial charge on any atom is 0.162 e. The molecule has 16 heavy (non-hydrogen) atoms. The summed E-state index contributed by atoms with van der Waals surface area (Å²) in [5, 5.41) is 3.08. The van der Waals surface area contributed by atoms with Gasteiger partial charge in [-0.1, -0.05) is 6.92 Å². The van der Waals surface area contributed by atoms with Crippen LogP contribution in [0.4, 0.5) is 5.82 Å². The first-order chi connectivity index (χ1) is 7.48. The summed E-state index contributed by atoms with van der Waals surface area (Å²) in [4.78, 5) is 9.02. The van der Waals surface area contributed by atoms with Gasteiger partial charge >= 0.3 is 0 Å². The van der Waals surface area contributed by atoms with Crippen LogP contribution < -0.4 is 5.32 Å².